The maximum atomic E-state index is 12.1. The smallest absolute Gasteiger partial charge is 0.387 e. The summed E-state index contributed by atoms with van der Waals surface area (Å²) in [6.07, 6.45) is 0.106. The molecule has 0 heterocycles. The van der Waals surface area contributed by atoms with Crippen molar-refractivity contribution in [2.24, 2.45) is 0 Å². The minimum absolute atomic E-state index is 0.0672. The quantitative estimate of drug-likeness (QED) is 0.758. The minimum atomic E-state index is -2.92. The number of Topliss-reactive ketones (excluding diaryl/α,β-unsaturated/α-hetero) is 1. The zero-order chi connectivity index (χ0) is 12.8. The largest absolute Gasteiger partial charge is 0.493 e. The van der Waals surface area contributed by atoms with Crippen molar-refractivity contribution in [2.75, 3.05) is 12.4 Å². The van der Waals surface area contributed by atoms with Gasteiger partial charge in [0.1, 0.15) is 5.78 Å². The highest BCUT2D eigenvalue weighted by Crippen LogP contribution is 2.32. The summed E-state index contributed by atoms with van der Waals surface area (Å²) in [5.41, 5.74) is 0.523. The van der Waals surface area contributed by atoms with Gasteiger partial charge >= 0.3 is 6.61 Å². The average molecular weight is 309 g/mol. The SMILES string of the molecule is COc1c(CC(=O)CBr)cccc1OC(F)F. The average Bonchev–Trinajstić information content (AvgIpc) is 2.28. The molecule has 0 saturated heterocycles. The van der Waals surface area contributed by atoms with Gasteiger partial charge in [-0.05, 0) is 6.07 Å². The Hall–Kier alpha value is -1.17. The number of ketones is 1. The van der Waals surface area contributed by atoms with E-state index in [1.807, 2.05) is 0 Å². The van der Waals surface area contributed by atoms with Crippen LogP contribution in [0, 0.1) is 0 Å². The van der Waals surface area contributed by atoms with Crippen molar-refractivity contribution in [1.29, 1.82) is 0 Å². The summed E-state index contributed by atoms with van der Waals surface area (Å²) in [5, 5.41) is 0.204. The molecule has 94 valence electrons. The molecule has 0 aromatic heterocycles. The van der Waals surface area contributed by atoms with Crippen molar-refractivity contribution in [3.8, 4) is 11.5 Å². The van der Waals surface area contributed by atoms with Crippen molar-refractivity contribution >= 4 is 21.7 Å². The molecular weight excluding hydrogens is 298 g/mol. The molecule has 0 N–H and O–H groups in total. The molecule has 0 atom stereocenters. The Kier molecular flexibility index (Phi) is 5.34. The van der Waals surface area contributed by atoms with Crippen LogP contribution in [-0.4, -0.2) is 24.8 Å². The van der Waals surface area contributed by atoms with Gasteiger partial charge in [0.25, 0.3) is 0 Å². The molecule has 0 spiro atoms. The predicted molar refractivity (Wildman–Crippen MR) is 62.1 cm³/mol. The van der Waals surface area contributed by atoms with Gasteiger partial charge in [0.05, 0.1) is 12.4 Å². The third kappa shape index (κ3) is 3.96. The molecule has 0 bridgehead atoms. The van der Waals surface area contributed by atoms with Gasteiger partial charge < -0.3 is 9.47 Å². The molecular formula is C11H11BrF2O3. The number of hydrogen-bond acceptors (Lipinski definition) is 3. The summed E-state index contributed by atoms with van der Waals surface area (Å²) in [4.78, 5) is 11.3. The van der Waals surface area contributed by atoms with E-state index in [-0.39, 0.29) is 29.0 Å². The first-order valence-electron chi connectivity index (χ1n) is 4.76. The number of benzene rings is 1. The molecule has 1 aromatic rings. The molecule has 0 saturated carbocycles. The fraction of sp³-hybridized carbons (Fsp3) is 0.364. The van der Waals surface area contributed by atoms with Crippen molar-refractivity contribution in [3.63, 3.8) is 0 Å². The summed E-state index contributed by atoms with van der Waals surface area (Å²) in [7, 11) is 1.34. The minimum Gasteiger partial charge on any atom is -0.493 e. The first kappa shape index (κ1) is 13.9. The van der Waals surface area contributed by atoms with Crippen LogP contribution in [0.2, 0.25) is 0 Å². The van der Waals surface area contributed by atoms with Crippen molar-refractivity contribution in [2.45, 2.75) is 13.0 Å². The Morgan fingerprint density at radius 3 is 2.71 bits per heavy atom. The van der Waals surface area contributed by atoms with Crippen molar-refractivity contribution < 1.29 is 23.0 Å². The zero-order valence-electron chi connectivity index (χ0n) is 9.08. The van der Waals surface area contributed by atoms with Gasteiger partial charge in [-0.1, -0.05) is 28.1 Å². The molecule has 0 aliphatic rings. The first-order chi connectivity index (χ1) is 8.08. The van der Waals surface area contributed by atoms with Gasteiger partial charge in [0.15, 0.2) is 11.5 Å². The number of halogens is 3. The Morgan fingerprint density at radius 2 is 2.18 bits per heavy atom. The summed E-state index contributed by atoms with van der Waals surface area (Å²) >= 11 is 3.04. The molecule has 0 amide bonds. The lowest BCUT2D eigenvalue weighted by molar-refractivity contribution is -0.115. The number of para-hydroxylation sites is 1. The third-order valence-electron chi connectivity index (χ3n) is 2.02. The summed E-state index contributed by atoms with van der Waals surface area (Å²) in [6, 6.07) is 4.54. The van der Waals surface area contributed by atoms with Crippen LogP contribution in [0.5, 0.6) is 11.5 Å². The Balaban J connectivity index is 3.00. The van der Waals surface area contributed by atoms with Gasteiger partial charge in [0, 0.05) is 12.0 Å². The first-order valence-corrected chi connectivity index (χ1v) is 5.89. The fourth-order valence-electron chi connectivity index (χ4n) is 1.38. The fourth-order valence-corrected chi connectivity index (χ4v) is 1.58. The van der Waals surface area contributed by atoms with E-state index in [0.29, 0.717) is 5.56 Å². The molecule has 0 fully saturated rings. The van der Waals surface area contributed by atoms with Gasteiger partial charge in [0.2, 0.25) is 0 Å². The van der Waals surface area contributed by atoms with E-state index in [4.69, 9.17) is 4.74 Å². The molecule has 0 aliphatic heterocycles. The second kappa shape index (κ2) is 6.54. The molecule has 1 aromatic carbocycles. The molecule has 0 unspecified atom stereocenters. The van der Waals surface area contributed by atoms with Crippen LogP contribution in [0.1, 0.15) is 5.56 Å². The third-order valence-corrected chi connectivity index (χ3v) is 2.64. The predicted octanol–water partition coefficient (Wildman–Crippen LogP) is 2.80. The highest BCUT2D eigenvalue weighted by Gasteiger charge is 2.15. The van der Waals surface area contributed by atoms with Crippen molar-refractivity contribution in [3.05, 3.63) is 23.8 Å². The standard InChI is InChI=1S/C11H11BrF2O3/c1-16-10-7(5-8(15)6-12)3-2-4-9(10)17-11(13)14/h2-4,11H,5-6H2,1H3. The van der Waals surface area contributed by atoms with Crippen LogP contribution >= 0.6 is 15.9 Å². The van der Waals surface area contributed by atoms with E-state index in [1.54, 1.807) is 6.07 Å². The maximum Gasteiger partial charge on any atom is 0.387 e. The lowest BCUT2D eigenvalue weighted by atomic mass is 10.1. The van der Waals surface area contributed by atoms with E-state index in [2.05, 4.69) is 20.7 Å². The molecule has 3 nitrogen and oxygen atoms in total. The number of carbonyl (C=O) groups is 1. The van der Waals surface area contributed by atoms with E-state index in [0.717, 1.165) is 0 Å². The molecule has 17 heavy (non-hydrogen) atoms. The number of ether oxygens (including phenoxy) is 2. The zero-order valence-corrected chi connectivity index (χ0v) is 10.7. The van der Waals surface area contributed by atoms with E-state index in [1.165, 1.54) is 19.2 Å². The second-order valence-corrected chi connectivity index (χ2v) is 3.74. The lowest BCUT2D eigenvalue weighted by Crippen LogP contribution is -2.08. The number of carbonyl (C=O) groups excluding carboxylic acids is 1. The number of rotatable bonds is 6. The molecule has 6 heteroatoms. The topological polar surface area (TPSA) is 35.5 Å². The van der Waals surface area contributed by atoms with Crippen LogP contribution in [0.25, 0.3) is 0 Å². The molecule has 1 rings (SSSR count). The Labute approximate surface area is 106 Å². The monoisotopic (exact) mass is 308 g/mol. The van der Waals surface area contributed by atoms with Gasteiger partial charge in [-0.15, -0.1) is 0 Å². The summed E-state index contributed by atoms with van der Waals surface area (Å²) < 4.78 is 33.6. The lowest BCUT2D eigenvalue weighted by Gasteiger charge is -2.13. The van der Waals surface area contributed by atoms with E-state index >= 15 is 0 Å². The van der Waals surface area contributed by atoms with Crippen LogP contribution in [0.4, 0.5) is 8.78 Å². The number of methoxy groups -OCH3 is 1. The maximum absolute atomic E-state index is 12.1. The normalized spacial score (nSPS) is 10.4. The van der Waals surface area contributed by atoms with E-state index in [9.17, 15) is 13.6 Å². The number of alkyl halides is 3. The van der Waals surface area contributed by atoms with Crippen LogP contribution in [0.3, 0.4) is 0 Å². The Bertz CT molecular complexity index is 396. The summed E-state index contributed by atoms with van der Waals surface area (Å²) in [5.74, 6) is 0.0296. The van der Waals surface area contributed by atoms with Gasteiger partial charge in [-0.25, -0.2) is 0 Å². The number of hydrogen-bond donors (Lipinski definition) is 0. The van der Waals surface area contributed by atoms with Crippen LogP contribution in [-0.2, 0) is 11.2 Å². The second-order valence-electron chi connectivity index (χ2n) is 3.18. The highest BCUT2D eigenvalue weighted by molar-refractivity contribution is 9.09. The van der Waals surface area contributed by atoms with Crippen LogP contribution in [0.15, 0.2) is 18.2 Å². The summed E-state index contributed by atoms with van der Waals surface area (Å²) in [6.45, 7) is -2.92. The Morgan fingerprint density at radius 1 is 1.47 bits per heavy atom. The highest BCUT2D eigenvalue weighted by atomic mass is 79.9. The molecule has 0 radical (unpaired) electrons. The molecule has 0 aliphatic carbocycles. The van der Waals surface area contributed by atoms with Gasteiger partial charge in [-0.2, -0.15) is 8.78 Å². The van der Waals surface area contributed by atoms with E-state index < -0.39 is 6.61 Å². The van der Waals surface area contributed by atoms with Crippen molar-refractivity contribution in [1.82, 2.24) is 0 Å². The van der Waals surface area contributed by atoms with Gasteiger partial charge in [-0.3, -0.25) is 4.79 Å². The van der Waals surface area contributed by atoms with Crippen LogP contribution < -0.4 is 9.47 Å².